The minimum atomic E-state index is 0. The van der Waals surface area contributed by atoms with Gasteiger partial charge in [-0.05, 0) is 6.92 Å². The highest BCUT2D eigenvalue weighted by Crippen LogP contribution is 1.30. The second kappa shape index (κ2) is 43.9. The number of aliphatic hydroxyl groups is 2. The lowest BCUT2D eigenvalue weighted by Gasteiger charge is -1.52. The standard InChI is InChI=1S/C2H6O.CH4O.Mg.2H/c1-2-3;1-2;;;/h3H,2H2,1H3;2H,1H3;;;. The SMILES string of the molecule is CCO.CO.[MgH2]. The Hall–Kier alpha value is 0.686. The molecule has 0 rings (SSSR count). The van der Waals surface area contributed by atoms with Crippen LogP contribution in [0.1, 0.15) is 6.92 Å². The molecule has 0 heterocycles. The number of hydrogen-bond donors (Lipinski definition) is 2. The molecule has 38 valence electrons. The van der Waals surface area contributed by atoms with E-state index in [1.165, 1.54) is 0 Å². The van der Waals surface area contributed by atoms with Gasteiger partial charge < -0.3 is 10.2 Å². The molecule has 0 aliphatic heterocycles. The fraction of sp³-hybridized carbons (Fsp3) is 1.00. The zero-order valence-corrected chi connectivity index (χ0v) is 3.60. The van der Waals surface area contributed by atoms with Gasteiger partial charge in [0.2, 0.25) is 0 Å². The molecule has 0 spiro atoms. The van der Waals surface area contributed by atoms with Gasteiger partial charge in [-0.1, -0.05) is 0 Å². The molecule has 0 atom stereocenters. The third kappa shape index (κ3) is 135. The fourth-order valence-electron chi connectivity index (χ4n) is 0. The van der Waals surface area contributed by atoms with Crippen molar-refractivity contribution in [2.24, 2.45) is 0 Å². The maximum absolute atomic E-state index is 7.57. The molecule has 0 fully saturated rings. The molecule has 0 aromatic heterocycles. The van der Waals surface area contributed by atoms with Crippen LogP contribution in [0.3, 0.4) is 0 Å². The Morgan fingerprint density at radius 2 is 1.33 bits per heavy atom. The van der Waals surface area contributed by atoms with E-state index < -0.39 is 0 Å². The molecule has 0 aromatic carbocycles. The highest BCUT2D eigenvalue weighted by atomic mass is 24.3. The first kappa shape index (κ1) is 15.9. The quantitative estimate of drug-likeness (QED) is 0.375. The van der Waals surface area contributed by atoms with Crippen LogP contribution in [0.4, 0.5) is 0 Å². The predicted octanol–water partition coefficient (Wildman–Crippen LogP) is -1.31. The van der Waals surface area contributed by atoms with Crippen molar-refractivity contribution in [1.82, 2.24) is 0 Å². The Kier molecular flexibility index (Phi) is 116. The monoisotopic (exact) mass is 104 g/mol. The third-order valence-corrected chi connectivity index (χ3v) is 0. The van der Waals surface area contributed by atoms with Crippen LogP contribution in [-0.4, -0.2) is 47.0 Å². The van der Waals surface area contributed by atoms with E-state index in [2.05, 4.69) is 0 Å². The molecule has 6 heavy (non-hydrogen) atoms. The molecule has 0 aliphatic carbocycles. The fourth-order valence-corrected chi connectivity index (χ4v) is 0. The van der Waals surface area contributed by atoms with Crippen molar-refractivity contribution in [3.63, 3.8) is 0 Å². The smallest absolute Gasteiger partial charge is 0.316 e. The Balaban J connectivity index is -0.0000000275. The average molecular weight is 104 g/mol. The Labute approximate surface area is 54.3 Å². The molecular weight excluding hydrogens is 92.3 g/mol. The van der Waals surface area contributed by atoms with Gasteiger partial charge in [0.15, 0.2) is 0 Å². The molecule has 0 radical (unpaired) electrons. The van der Waals surface area contributed by atoms with E-state index in [-0.39, 0.29) is 29.7 Å². The number of rotatable bonds is 0. The first-order chi connectivity index (χ1) is 2.41. The van der Waals surface area contributed by atoms with E-state index in [1.54, 1.807) is 6.92 Å². The van der Waals surface area contributed by atoms with E-state index in [4.69, 9.17) is 10.2 Å². The Morgan fingerprint density at radius 1 is 1.33 bits per heavy atom. The summed E-state index contributed by atoms with van der Waals surface area (Å²) in [6.45, 7) is 1.93. The lowest BCUT2D eigenvalue weighted by atomic mass is 10.9. The van der Waals surface area contributed by atoms with Crippen molar-refractivity contribution in [1.29, 1.82) is 0 Å². The van der Waals surface area contributed by atoms with Crippen LogP contribution in [0.15, 0.2) is 0 Å². The first-order valence-corrected chi connectivity index (χ1v) is 1.47. The molecule has 0 unspecified atom stereocenters. The van der Waals surface area contributed by atoms with E-state index in [1.807, 2.05) is 0 Å². The zero-order chi connectivity index (χ0) is 4.71. The van der Waals surface area contributed by atoms with Crippen LogP contribution in [0.2, 0.25) is 0 Å². The summed E-state index contributed by atoms with van der Waals surface area (Å²) in [6.07, 6.45) is 0. The van der Waals surface area contributed by atoms with Crippen molar-refractivity contribution in [3.05, 3.63) is 0 Å². The van der Waals surface area contributed by atoms with Crippen LogP contribution >= 0.6 is 0 Å². The molecule has 0 saturated carbocycles. The minimum Gasteiger partial charge on any atom is -0.400 e. The van der Waals surface area contributed by atoms with Gasteiger partial charge in [-0.25, -0.2) is 0 Å². The van der Waals surface area contributed by atoms with Gasteiger partial charge in [0.05, 0.1) is 0 Å². The lowest BCUT2D eigenvalue weighted by molar-refractivity contribution is 0.318. The maximum atomic E-state index is 7.57. The van der Waals surface area contributed by atoms with Gasteiger partial charge in [0.25, 0.3) is 0 Å². The van der Waals surface area contributed by atoms with Crippen molar-refractivity contribution in [3.8, 4) is 0 Å². The van der Waals surface area contributed by atoms with Crippen LogP contribution < -0.4 is 0 Å². The molecule has 3 heteroatoms. The summed E-state index contributed by atoms with van der Waals surface area (Å²) < 4.78 is 0. The topological polar surface area (TPSA) is 40.5 Å². The summed E-state index contributed by atoms with van der Waals surface area (Å²) in [5, 5.41) is 14.6. The summed E-state index contributed by atoms with van der Waals surface area (Å²) in [5.74, 6) is 0. The van der Waals surface area contributed by atoms with Gasteiger partial charge in [0.1, 0.15) is 0 Å². The Morgan fingerprint density at radius 3 is 1.33 bits per heavy atom. The summed E-state index contributed by atoms with van der Waals surface area (Å²) in [6, 6.07) is 0. The van der Waals surface area contributed by atoms with Gasteiger partial charge in [0, 0.05) is 13.7 Å². The maximum Gasteiger partial charge on any atom is 0.316 e. The molecule has 0 saturated heterocycles. The molecular formula is C3H12MgO2. The molecule has 0 aromatic rings. The van der Waals surface area contributed by atoms with Gasteiger partial charge >= 0.3 is 23.1 Å². The van der Waals surface area contributed by atoms with Gasteiger partial charge in [-0.2, -0.15) is 0 Å². The predicted molar refractivity (Wildman–Crippen MR) is 29.4 cm³/mol. The molecule has 0 bridgehead atoms. The summed E-state index contributed by atoms with van der Waals surface area (Å²) in [5.41, 5.74) is 0. The average Bonchev–Trinajstić information content (AvgIpc) is 1.46. The largest absolute Gasteiger partial charge is 0.400 e. The first-order valence-electron chi connectivity index (χ1n) is 1.47. The number of hydrogen-bond acceptors (Lipinski definition) is 2. The zero-order valence-electron chi connectivity index (χ0n) is 3.60. The van der Waals surface area contributed by atoms with Crippen LogP contribution in [0.25, 0.3) is 0 Å². The van der Waals surface area contributed by atoms with E-state index >= 15 is 0 Å². The third-order valence-electron chi connectivity index (χ3n) is 0. The van der Waals surface area contributed by atoms with Gasteiger partial charge in [-0.3, -0.25) is 0 Å². The second-order valence-corrected chi connectivity index (χ2v) is 0.316. The van der Waals surface area contributed by atoms with E-state index in [9.17, 15) is 0 Å². The van der Waals surface area contributed by atoms with Crippen molar-refractivity contribution in [2.45, 2.75) is 6.92 Å². The van der Waals surface area contributed by atoms with Gasteiger partial charge in [-0.15, -0.1) is 0 Å². The van der Waals surface area contributed by atoms with Crippen molar-refractivity contribution in [2.75, 3.05) is 13.7 Å². The lowest BCUT2D eigenvalue weighted by Crippen LogP contribution is -1.57. The van der Waals surface area contributed by atoms with Crippen LogP contribution in [0, 0.1) is 0 Å². The van der Waals surface area contributed by atoms with E-state index in [0.29, 0.717) is 0 Å². The highest BCUT2D eigenvalue weighted by molar-refractivity contribution is 5.75. The Bertz CT molecular complexity index is 8.75. The molecule has 0 aliphatic rings. The summed E-state index contributed by atoms with van der Waals surface area (Å²) in [7, 11) is 1.00. The second-order valence-electron chi connectivity index (χ2n) is 0.316. The molecule has 2 N–H and O–H groups in total. The highest BCUT2D eigenvalue weighted by Gasteiger charge is 1.34. The summed E-state index contributed by atoms with van der Waals surface area (Å²) >= 11 is 0. The number of aliphatic hydroxyl groups excluding tert-OH is 2. The van der Waals surface area contributed by atoms with Crippen molar-refractivity contribution < 1.29 is 10.2 Å². The van der Waals surface area contributed by atoms with E-state index in [0.717, 1.165) is 7.11 Å². The normalized spacial score (nSPS) is 4.00. The minimum absolute atomic E-state index is 0. The molecule has 2 nitrogen and oxygen atoms in total. The summed E-state index contributed by atoms with van der Waals surface area (Å²) in [4.78, 5) is 0. The van der Waals surface area contributed by atoms with Crippen LogP contribution in [-0.2, 0) is 0 Å². The van der Waals surface area contributed by atoms with Crippen molar-refractivity contribution >= 4 is 23.1 Å². The molecule has 0 amide bonds. The van der Waals surface area contributed by atoms with Crippen LogP contribution in [0.5, 0.6) is 0 Å².